The second kappa shape index (κ2) is 6.21. The van der Waals surface area contributed by atoms with Crippen LogP contribution in [0.4, 0.5) is 5.69 Å². The molecule has 0 amide bonds. The number of hydrogen-bond acceptors (Lipinski definition) is 3. The Morgan fingerprint density at radius 1 is 1.44 bits per heavy atom. The van der Waals surface area contributed by atoms with Crippen molar-refractivity contribution in [3.05, 3.63) is 29.3 Å². The van der Waals surface area contributed by atoms with E-state index in [2.05, 4.69) is 35.3 Å². The van der Waals surface area contributed by atoms with Gasteiger partial charge in [0.15, 0.2) is 0 Å². The smallest absolute Gasteiger partial charge is 0.0746 e. The van der Waals surface area contributed by atoms with E-state index < -0.39 is 0 Å². The molecule has 0 bridgehead atoms. The van der Waals surface area contributed by atoms with Crippen LogP contribution in [0, 0.1) is 6.92 Å². The third-order valence-electron chi connectivity index (χ3n) is 3.65. The van der Waals surface area contributed by atoms with Crippen LogP contribution in [-0.4, -0.2) is 33.4 Å². The molecule has 1 unspecified atom stereocenters. The standard InChI is InChI=1S/C15H24N2O/c1-12-6-7-15(13(9-12)10-16-2)17-8-4-5-14(11-17)18-3/h6-7,9,14,16H,4-5,8,10-11H2,1-3H3. The van der Waals surface area contributed by atoms with Gasteiger partial charge >= 0.3 is 0 Å². The number of piperidine rings is 1. The van der Waals surface area contributed by atoms with Crippen LogP contribution in [-0.2, 0) is 11.3 Å². The molecule has 1 fully saturated rings. The van der Waals surface area contributed by atoms with Gasteiger partial charge < -0.3 is 15.0 Å². The lowest BCUT2D eigenvalue weighted by atomic mass is 10.0. The molecule has 1 N–H and O–H groups in total. The maximum absolute atomic E-state index is 5.51. The van der Waals surface area contributed by atoms with E-state index in [0.717, 1.165) is 19.6 Å². The van der Waals surface area contributed by atoms with Gasteiger partial charge in [0.2, 0.25) is 0 Å². The first kappa shape index (κ1) is 13.4. The Balaban J connectivity index is 2.20. The number of ether oxygens (including phenoxy) is 1. The fraction of sp³-hybridized carbons (Fsp3) is 0.600. The summed E-state index contributed by atoms with van der Waals surface area (Å²) in [5.41, 5.74) is 4.07. The number of benzene rings is 1. The molecule has 1 aromatic rings. The van der Waals surface area contributed by atoms with Gasteiger partial charge in [-0.2, -0.15) is 0 Å². The van der Waals surface area contributed by atoms with Crippen LogP contribution in [0.25, 0.3) is 0 Å². The highest BCUT2D eigenvalue weighted by Crippen LogP contribution is 2.26. The van der Waals surface area contributed by atoms with Crippen molar-refractivity contribution in [3.8, 4) is 0 Å². The van der Waals surface area contributed by atoms with Crippen LogP contribution in [0.2, 0.25) is 0 Å². The Kier molecular flexibility index (Phi) is 4.61. The van der Waals surface area contributed by atoms with Crippen molar-refractivity contribution in [1.29, 1.82) is 0 Å². The topological polar surface area (TPSA) is 24.5 Å². The Morgan fingerprint density at radius 3 is 3.00 bits per heavy atom. The lowest BCUT2D eigenvalue weighted by Gasteiger charge is -2.35. The average molecular weight is 248 g/mol. The van der Waals surface area contributed by atoms with Crippen molar-refractivity contribution < 1.29 is 4.74 Å². The molecule has 1 aromatic carbocycles. The Morgan fingerprint density at radius 2 is 2.28 bits per heavy atom. The van der Waals surface area contributed by atoms with Gasteiger partial charge in [0, 0.05) is 32.4 Å². The zero-order valence-corrected chi connectivity index (χ0v) is 11.7. The maximum Gasteiger partial charge on any atom is 0.0746 e. The van der Waals surface area contributed by atoms with E-state index in [-0.39, 0.29) is 0 Å². The normalized spacial score (nSPS) is 20.2. The van der Waals surface area contributed by atoms with Gasteiger partial charge in [0.1, 0.15) is 0 Å². The zero-order chi connectivity index (χ0) is 13.0. The second-order valence-electron chi connectivity index (χ2n) is 5.11. The number of methoxy groups -OCH3 is 1. The van der Waals surface area contributed by atoms with Crippen molar-refractivity contribution in [2.75, 3.05) is 32.1 Å². The maximum atomic E-state index is 5.51. The Hall–Kier alpha value is -1.06. The van der Waals surface area contributed by atoms with Gasteiger partial charge in [0.25, 0.3) is 0 Å². The molecule has 3 nitrogen and oxygen atoms in total. The summed E-state index contributed by atoms with van der Waals surface area (Å²) < 4.78 is 5.51. The quantitative estimate of drug-likeness (QED) is 0.885. The highest BCUT2D eigenvalue weighted by atomic mass is 16.5. The molecular formula is C15H24N2O. The van der Waals surface area contributed by atoms with Crippen LogP contribution in [0.1, 0.15) is 24.0 Å². The molecule has 0 saturated carbocycles. The number of nitrogens with one attached hydrogen (secondary N) is 1. The van der Waals surface area contributed by atoms with Crippen molar-refractivity contribution in [2.45, 2.75) is 32.4 Å². The van der Waals surface area contributed by atoms with E-state index in [9.17, 15) is 0 Å². The summed E-state index contributed by atoms with van der Waals surface area (Å²) in [7, 11) is 3.82. The minimum absolute atomic E-state index is 0.377. The lowest BCUT2D eigenvalue weighted by Crippen LogP contribution is -2.39. The highest BCUT2D eigenvalue weighted by Gasteiger charge is 2.21. The molecular weight excluding hydrogens is 224 g/mol. The number of hydrogen-bond donors (Lipinski definition) is 1. The van der Waals surface area contributed by atoms with Crippen molar-refractivity contribution >= 4 is 5.69 Å². The first-order chi connectivity index (χ1) is 8.74. The number of nitrogens with zero attached hydrogens (tertiary/aromatic N) is 1. The molecule has 3 heteroatoms. The molecule has 1 atom stereocenters. The lowest BCUT2D eigenvalue weighted by molar-refractivity contribution is 0.0893. The van der Waals surface area contributed by atoms with Gasteiger partial charge in [-0.3, -0.25) is 0 Å². The van der Waals surface area contributed by atoms with E-state index in [4.69, 9.17) is 4.74 Å². The van der Waals surface area contributed by atoms with Crippen LogP contribution in [0.15, 0.2) is 18.2 Å². The summed E-state index contributed by atoms with van der Waals surface area (Å²) in [5, 5.41) is 3.26. The van der Waals surface area contributed by atoms with Crippen LogP contribution < -0.4 is 10.2 Å². The van der Waals surface area contributed by atoms with E-state index in [1.165, 1.54) is 29.7 Å². The third-order valence-corrected chi connectivity index (χ3v) is 3.65. The first-order valence-electron chi connectivity index (χ1n) is 6.76. The molecule has 1 aliphatic heterocycles. The molecule has 1 saturated heterocycles. The van der Waals surface area contributed by atoms with Gasteiger partial charge in [0.05, 0.1) is 6.10 Å². The highest BCUT2D eigenvalue weighted by molar-refractivity contribution is 5.55. The molecule has 2 rings (SSSR count). The minimum Gasteiger partial charge on any atom is -0.380 e. The van der Waals surface area contributed by atoms with Gasteiger partial charge in [-0.15, -0.1) is 0 Å². The Bertz CT molecular complexity index is 392. The number of anilines is 1. The first-order valence-corrected chi connectivity index (χ1v) is 6.76. The number of aryl methyl sites for hydroxylation is 1. The summed E-state index contributed by atoms with van der Waals surface area (Å²) in [4.78, 5) is 2.46. The summed E-state index contributed by atoms with van der Waals surface area (Å²) >= 11 is 0. The van der Waals surface area contributed by atoms with E-state index in [1.807, 2.05) is 14.2 Å². The largest absolute Gasteiger partial charge is 0.380 e. The molecule has 1 heterocycles. The van der Waals surface area contributed by atoms with Crippen molar-refractivity contribution in [2.24, 2.45) is 0 Å². The molecule has 0 aromatic heterocycles. The third kappa shape index (κ3) is 3.03. The van der Waals surface area contributed by atoms with Gasteiger partial charge in [-0.25, -0.2) is 0 Å². The van der Waals surface area contributed by atoms with Gasteiger partial charge in [-0.1, -0.05) is 17.7 Å². The average Bonchev–Trinajstić information content (AvgIpc) is 2.39. The molecule has 0 radical (unpaired) electrons. The summed E-state index contributed by atoms with van der Waals surface area (Å²) in [6.45, 7) is 5.22. The van der Waals surface area contributed by atoms with Crippen molar-refractivity contribution in [1.82, 2.24) is 5.32 Å². The molecule has 0 aliphatic carbocycles. The minimum atomic E-state index is 0.377. The molecule has 1 aliphatic rings. The van der Waals surface area contributed by atoms with E-state index in [1.54, 1.807) is 0 Å². The SMILES string of the molecule is CNCc1cc(C)ccc1N1CCCC(OC)C1. The number of rotatable bonds is 4. The second-order valence-corrected chi connectivity index (χ2v) is 5.11. The van der Waals surface area contributed by atoms with Crippen LogP contribution >= 0.6 is 0 Å². The predicted octanol–water partition coefficient (Wildman–Crippen LogP) is 2.33. The summed E-state index contributed by atoms with van der Waals surface area (Å²) in [6, 6.07) is 6.73. The van der Waals surface area contributed by atoms with Crippen LogP contribution in [0.3, 0.4) is 0 Å². The van der Waals surface area contributed by atoms with E-state index in [0.29, 0.717) is 6.10 Å². The molecule has 18 heavy (non-hydrogen) atoms. The van der Waals surface area contributed by atoms with E-state index >= 15 is 0 Å². The van der Waals surface area contributed by atoms with Crippen LogP contribution in [0.5, 0.6) is 0 Å². The zero-order valence-electron chi connectivity index (χ0n) is 11.7. The fourth-order valence-corrected chi connectivity index (χ4v) is 2.70. The predicted molar refractivity (Wildman–Crippen MR) is 76.2 cm³/mol. The molecule has 0 spiro atoms. The molecule has 100 valence electrons. The summed E-state index contributed by atoms with van der Waals surface area (Å²) in [5.74, 6) is 0. The van der Waals surface area contributed by atoms with Gasteiger partial charge in [-0.05, 0) is 38.4 Å². The van der Waals surface area contributed by atoms with Crippen molar-refractivity contribution in [3.63, 3.8) is 0 Å². The summed E-state index contributed by atoms with van der Waals surface area (Å²) in [6.07, 6.45) is 2.77. The fourth-order valence-electron chi connectivity index (χ4n) is 2.70. The monoisotopic (exact) mass is 248 g/mol. The Labute approximate surface area is 110 Å².